The van der Waals surface area contributed by atoms with Gasteiger partial charge < -0.3 is 10.5 Å². The van der Waals surface area contributed by atoms with Crippen LogP contribution in [0, 0.1) is 6.92 Å². The van der Waals surface area contributed by atoms with Crippen molar-refractivity contribution in [3.05, 3.63) is 53.9 Å². The molecule has 0 aliphatic heterocycles. The Morgan fingerprint density at radius 1 is 1.33 bits per heavy atom. The Balaban J connectivity index is 2.23. The standard InChI is InChI=1S/C15H17N3O2S/c1-11-8-9-17-14(18-11)21-10-15(16,13(19)20-2)12-6-4-3-5-7-12/h3-9H,10,16H2,1-2H3. The highest BCUT2D eigenvalue weighted by molar-refractivity contribution is 7.99. The van der Waals surface area contributed by atoms with E-state index in [1.807, 2.05) is 43.3 Å². The molecule has 0 radical (unpaired) electrons. The van der Waals surface area contributed by atoms with Gasteiger partial charge in [-0.05, 0) is 18.6 Å². The lowest BCUT2D eigenvalue weighted by molar-refractivity contribution is -0.146. The molecular formula is C15H17N3O2S. The number of nitrogens with zero attached hydrogens (tertiary/aromatic N) is 2. The summed E-state index contributed by atoms with van der Waals surface area (Å²) < 4.78 is 4.86. The van der Waals surface area contributed by atoms with Gasteiger partial charge in [-0.25, -0.2) is 14.8 Å². The zero-order valence-electron chi connectivity index (χ0n) is 11.9. The molecule has 1 aromatic carbocycles. The number of nitrogens with two attached hydrogens (primary N) is 1. The minimum Gasteiger partial charge on any atom is -0.467 e. The average molecular weight is 303 g/mol. The van der Waals surface area contributed by atoms with Crippen LogP contribution in [0.3, 0.4) is 0 Å². The zero-order valence-corrected chi connectivity index (χ0v) is 12.8. The van der Waals surface area contributed by atoms with Crippen molar-refractivity contribution in [2.24, 2.45) is 5.73 Å². The van der Waals surface area contributed by atoms with Crippen molar-refractivity contribution in [3.8, 4) is 0 Å². The quantitative estimate of drug-likeness (QED) is 0.516. The molecule has 0 aliphatic rings. The molecule has 6 heteroatoms. The first-order valence-electron chi connectivity index (χ1n) is 6.41. The van der Waals surface area contributed by atoms with Gasteiger partial charge in [-0.2, -0.15) is 0 Å². The van der Waals surface area contributed by atoms with E-state index in [4.69, 9.17) is 10.5 Å². The van der Waals surface area contributed by atoms with Crippen LogP contribution in [-0.4, -0.2) is 28.8 Å². The monoisotopic (exact) mass is 303 g/mol. The average Bonchev–Trinajstić information content (AvgIpc) is 2.52. The maximum Gasteiger partial charge on any atom is 0.331 e. The summed E-state index contributed by atoms with van der Waals surface area (Å²) >= 11 is 1.33. The third kappa shape index (κ3) is 3.59. The number of benzene rings is 1. The van der Waals surface area contributed by atoms with Crippen molar-refractivity contribution in [2.45, 2.75) is 17.6 Å². The molecular weight excluding hydrogens is 286 g/mol. The fraction of sp³-hybridized carbons (Fsp3) is 0.267. The topological polar surface area (TPSA) is 78.1 Å². The largest absolute Gasteiger partial charge is 0.467 e. The molecule has 5 nitrogen and oxygen atoms in total. The Bertz CT molecular complexity index is 621. The normalized spacial score (nSPS) is 13.5. The van der Waals surface area contributed by atoms with Gasteiger partial charge in [-0.1, -0.05) is 42.1 Å². The molecule has 0 saturated carbocycles. The number of hydrogen-bond acceptors (Lipinski definition) is 6. The van der Waals surface area contributed by atoms with Gasteiger partial charge in [0, 0.05) is 17.6 Å². The molecule has 2 aromatic rings. The molecule has 1 aromatic heterocycles. The van der Waals surface area contributed by atoms with Crippen LogP contribution < -0.4 is 5.73 Å². The molecule has 1 heterocycles. The Hall–Kier alpha value is -1.92. The van der Waals surface area contributed by atoms with Gasteiger partial charge in [0.15, 0.2) is 5.16 Å². The highest BCUT2D eigenvalue weighted by Gasteiger charge is 2.37. The molecule has 0 amide bonds. The van der Waals surface area contributed by atoms with E-state index in [0.29, 0.717) is 16.5 Å². The first-order chi connectivity index (χ1) is 10.1. The van der Waals surface area contributed by atoms with E-state index < -0.39 is 11.5 Å². The van der Waals surface area contributed by atoms with Crippen LogP contribution in [-0.2, 0) is 15.1 Å². The van der Waals surface area contributed by atoms with E-state index in [-0.39, 0.29) is 0 Å². The Labute approximate surface area is 127 Å². The first-order valence-corrected chi connectivity index (χ1v) is 7.40. The number of rotatable bonds is 5. The summed E-state index contributed by atoms with van der Waals surface area (Å²) in [6.45, 7) is 1.89. The zero-order chi connectivity index (χ0) is 15.3. The van der Waals surface area contributed by atoms with Gasteiger partial charge in [0.25, 0.3) is 0 Å². The Kier molecular flexibility index (Phi) is 4.93. The number of methoxy groups -OCH3 is 1. The van der Waals surface area contributed by atoms with Crippen LogP contribution in [0.2, 0.25) is 0 Å². The fourth-order valence-corrected chi connectivity index (χ4v) is 2.84. The van der Waals surface area contributed by atoms with Gasteiger partial charge in [-0.15, -0.1) is 0 Å². The maximum absolute atomic E-state index is 12.1. The number of carbonyl (C=O) groups excluding carboxylic acids is 1. The first kappa shape index (κ1) is 15.5. The minimum atomic E-state index is -1.23. The van der Waals surface area contributed by atoms with E-state index in [0.717, 1.165) is 5.69 Å². The van der Waals surface area contributed by atoms with E-state index in [1.54, 1.807) is 6.20 Å². The number of ether oxygens (including phenoxy) is 1. The van der Waals surface area contributed by atoms with Crippen LogP contribution in [0.1, 0.15) is 11.3 Å². The third-order valence-corrected chi connectivity index (χ3v) is 4.09. The SMILES string of the molecule is COC(=O)C(N)(CSc1nccc(C)n1)c1ccccc1. The van der Waals surface area contributed by atoms with Gasteiger partial charge in [-0.3, -0.25) is 0 Å². The van der Waals surface area contributed by atoms with Crippen LogP contribution in [0.15, 0.2) is 47.8 Å². The summed E-state index contributed by atoms with van der Waals surface area (Å²) in [5.41, 5.74) is 6.65. The molecule has 21 heavy (non-hydrogen) atoms. The second-order valence-corrected chi connectivity index (χ2v) is 5.54. The second kappa shape index (κ2) is 6.69. The van der Waals surface area contributed by atoms with Gasteiger partial charge in [0.05, 0.1) is 7.11 Å². The molecule has 0 fully saturated rings. The van der Waals surface area contributed by atoms with Crippen molar-refractivity contribution in [3.63, 3.8) is 0 Å². The molecule has 0 saturated heterocycles. The van der Waals surface area contributed by atoms with Crippen molar-refractivity contribution < 1.29 is 9.53 Å². The number of aromatic nitrogens is 2. The van der Waals surface area contributed by atoms with E-state index >= 15 is 0 Å². The molecule has 0 bridgehead atoms. The maximum atomic E-state index is 12.1. The molecule has 110 valence electrons. The molecule has 2 N–H and O–H groups in total. The molecule has 1 unspecified atom stereocenters. The molecule has 0 spiro atoms. The Morgan fingerprint density at radius 2 is 2.05 bits per heavy atom. The summed E-state index contributed by atoms with van der Waals surface area (Å²) in [5.74, 6) is -0.179. The van der Waals surface area contributed by atoms with Crippen molar-refractivity contribution in [1.29, 1.82) is 0 Å². The lowest BCUT2D eigenvalue weighted by atomic mass is 9.93. The lowest BCUT2D eigenvalue weighted by Crippen LogP contribution is -2.48. The predicted octanol–water partition coefficient (Wildman–Crippen LogP) is 1.90. The third-order valence-electron chi connectivity index (χ3n) is 3.04. The van der Waals surface area contributed by atoms with E-state index in [2.05, 4.69) is 9.97 Å². The van der Waals surface area contributed by atoms with Gasteiger partial charge in [0.2, 0.25) is 0 Å². The minimum absolute atomic E-state index is 0.299. The number of hydrogen-bond donors (Lipinski definition) is 1. The van der Waals surface area contributed by atoms with Crippen LogP contribution in [0.25, 0.3) is 0 Å². The summed E-state index contributed by atoms with van der Waals surface area (Å²) in [7, 11) is 1.33. The van der Waals surface area contributed by atoms with Crippen molar-refractivity contribution >= 4 is 17.7 Å². The van der Waals surface area contributed by atoms with E-state index in [1.165, 1.54) is 18.9 Å². The summed E-state index contributed by atoms with van der Waals surface area (Å²) in [6.07, 6.45) is 1.68. The molecule has 2 rings (SSSR count). The number of carbonyl (C=O) groups is 1. The summed E-state index contributed by atoms with van der Waals surface area (Å²) in [4.78, 5) is 20.6. The van der Waals surface area contributed by atoms with E-state index in [9.17, 15) is 4.79 Å². The highest BCUT2D eigenvalue weighted by Crippen LogP contribution is 2.27. The molecule has 1 atom stereocenters. The van der Waals surface area contributed by atoms with Crippen LogP contribution >= 0.6 is 11.8 Å². The van der Waals surface area contributed by atoms with Crippen molar-refractivity contribution in [1.82, 2.24) is 9.97 Å². The second-order valence-electron chi connectivity index (χ2n) is 4.60. The summed E-state index contributed by atoms with van der Waals surface area (Å²) in [5, 5.41) is 0.588. The van der Waals surface area contributed by atoms with Gasteiger partial charge in [0.1, 0.15) is 5.54 Å². The summed E-state index contributed by atoms with van der Waals surface area (Å²) in [6, 6.07) is 11.0. The smallest absolute Gasteiger partial charge is 0.331 e. The lowest BCUT2D eigenvalue weighted by Gasteiger charge is -2.26. The predicted molar refractivity (Wildman–Crippen MR) is 81.8 cm³/mol. The fourth-order valence-electron chi connectivity index (χ4n) is 1.85. The number of esters is 1. The molecule has 0 aliphatic carbocycles. The van der Waals surface area contributed by atoms with Gasteiger partial charge >= 0.3 is 5.97 Å². The van der Waals surface area contributed by atoms with Crippen LogP contribution in [0.4, 0.5) is 0 Å². The Morgan fingerprint density at radius 3 is 2.67 bits per heavy atom. The highest BCUT2D eigenvalue weighted by atomic mass is 32.2. The number of thioether (sulfide) groups is 1. The van der Waals surface area contributed by atoms with Crippen LogP contribution in [0.5, 0.6) is 0 Å². The number of aryl methyl sites for hydroxylation is 1. The van der Waals surface area contributed by atoms with Crippen molar-refractivity contribution in [2.75, 3.05) is 12.9 Å².